The Hall–Kier alpha value is -2.36. The molecule has 2 N–H and O–H groups in total. The highest BCUT2D eigenvalue weighted by Gasteiger charge is 2.11. The van der Waals surface area contributed by atoms with Gasteiger partial charge in [0.25, 0.3) is 0 Å². The van der Waals surface area contributed by atoms with Crippen LogP contribution in [0.15, 0.2) is 36.7 Å². The first-order chi connectivity index (χ1) is 8.09. The van der Waals surface area contributed by atoms with E-state index in [1.165, 1.54) is 12.1 Å². The standard InChI is InChI=1S/C13H11NO3/c1-8-7-14-5-4-10(8)9-2-3-12(15)11(6-9)13(16)17/h2-7,15H,1H3,(H,16,17). The predicted molar refractivity (Wildman–Crippen MR) is 63.0 cm³/mol. The molecule has 4 heteroatoms. The van der Waals surface area contributed by atoms with Crippen LogP contribution in [0.4, 0.5) is 0 Å². The smallest absolute Gasteiger partial charge is 0.339 e. The van der Waals surface area contributed by atoms with Crippen LogP contribution in [0.3, 0.4) is 0 Å². The van der Waals surface area contributed by atoms with Crippen molar-refractivity contribution >= 4 is 5.97 Å². The maximum atomic E-state index is 10.9. The number of pyridine rings is 1. The van der Waals surface area contributed by atoms with E-state index in [-0.39, 0.29) is 11.3 Å². The topological polar surface area (TPSA) is 70.4 Å². The van der Waals surface area contributed by atoms with E-state index >= 15 is 0 Å². The molecule has 1 heterocycles. The highest BCUT2D eigenvalue weighted by molar-refractivity contribution is 5.92. The van der Waals surface area contributed by atoms with Crippen molar-refractivity contribution in [3.8, 4) is 16.9 Å². The van der Waals surface area contributed by atoms with Crippen LogP contribution in [0.25, 0.3) is 11.1 Å². The van der Waals surface area contributed by atoms with Gasteiger partial charge in [0.1, 0.15) is 11.3 Å². The molecule has 1 aromatic heterocycles. The number of carboxylic acids is 1. The Kier molecular flexibility index (Phi) is 2.78. The van der Waals surface area contributed by atoms with Crippen molar-refractivity contribution in [2.75, 3.05) is 0 Å². The molecule has 0 saturated heterocycles. The molecule has 1 aromatic carbocycles. The Bertz CT molecular complexity index is 579. The number of hydrogen-bond donors (Lipinski definition) is 2. The Morgan fingerprint density at radius 3 is 2.71 bits per heavy atom. The first kappa shape index (κ1) is 11.1. The summed E-state index contributed by atoms with van der Waals surface area (Å²) in [4.78, 5) is 14.9. The van der Waals surface area contributed by atoms with Gasteiger partial charge in [-0.05, 0) is 41.8 Å². The largest absolute Gasteiger partial charge is 0.507 e. The lowest BCUT2D eigenvalue weighted by Crippen LogP contribution is -1.97. The van der Waals surface area contributed by atoms with Crippen LogP contribution >= 0.6 is 0 Å². The Balaban J connectivity index is 2.58. The molecular weight excluding hydrogens is 218 g/mol. The van der Waals surface area contributed by atoms with Crippen molar-refractivity contribution in [1.29, 1.82) is 0 Å². The predicted octanol–water partition coefficient (Wildman–Crippen LogP) is 2.46. The maximum absolute atomic E-state index is 10.9. The Morgan fingerprint density at radius 2 is 2.06 bits per heavy atom. The van der Waals surface area contributed by atoms with Gasteiger partial charge in [-0.15, -0.1) is 0 Å². The number of carboxylic acid groups (broad SMARTS) is 1. The van der Waals surface area contributed by atoms with Gasteiger partial charge in [-0.1, -0.05) is 6.07 Å². The average molecular weight is 229 g/mol. The molecule has 0 spiro atoms. The molecule has 0 aliphatic heterocycles. The highest BCUT2D eigenvalue weighted by atomic mass is 16.4. The molecule has 0 aliphatic carbocycles. The van der Waals surface area contributed by atoms with Crippen LogP contribution in [0.1, 0.15) is 15.9 Å². The summed E-state index contributed by atoms with van der Waals surface area (Å²) < 4.78 is 0. The molecular formula is C13H11NO3. The van der Waals surface area contributed by atoms with Crippen LogP contribution in [-0.2, 0) is 0 Å². The van der Waals surface area contributed by atoms with Gasteiger partial charge in [0.15, 0.2) is 0 Å². The number of nitrogens with zero attached hydrogens (tertiary/aromatic N) is 1. The molecule has 17 heavy (non-hydrogen) atoms. The molecule has 0 fully saturated rings. The molecule has 0 bridgehead atoms. The lowest BCUT2D eigenvalue weighted by atomic mass is 10.00. The number of hydrogen-bond acceptors (Lipinski definition) is 3. The van der Waals surface area contributed by atoms with Crippen molar-refractivity contribution in [2.45, 2.75) is 6.92 Å². The molecule has 0 radical (unpaired) electrons. The summed E-state index contributed by atoms with van der Waals surface area (Å²) in [6, 6.07) is 6.34. The second-order valence-electron chi connectivity index (χ2n) is 3.73. The number of phenols is 1. The lowest BCUT2D eigenvalue weighted by Gasteiger charge is -2.07. The number of carbonyl (C=O) groups is 1. The van der Waals surface area contributed by atoms with E-state index in [4.69, 9.17) is 5.11 Å². The Morgan fingerprint density at radius 1 is 1.29 bits per heavy atom. The summed E-state index contributed by atoms with van der Waals surface area (Å²) in [7, 11) is 0. The van der Waals surface area contributed by atoms with Gasteiger partial charge in [0, 0.05) is 12.4 Å². The van der Waals surface area contributed by atoms with Gasteiger partial charge in [-0.3, -0.25) is 4.98 Å². The third-order valence-corrected chi connectivity index (χ3v) is 2.56. The zero-order chi connectivity index (χ0) is 12.4. The van der Waals surface area contributed by atoms with Gasteiger partial charge >= 0.3 is 5.97 Å². The number of aromatic nitrogens is 1. The molecule has 0 aliphatic rings. The first-order valence-corrected chi connectivity index (χ1v) is 5.07. The van der Waals surface area contributed by atoms with E-state index in [2.05, 4.69) is 4.98 Å². The fourth-order valence-corrected chi connectivity index (χ4v) is 1.67. The minimum absolute atomic E-state index is 0.0984. The van der Waals surface area contributed by atoms with Crippen molar-refractivity contribution in [3.63, 3.8) is 0 Å². The molecule has 2 aromatic rings. The quantitative estimate of drug-likeness (QED) is 0.829. The van der Waals surface area contributed by atoms with Crippen LogP contribution in [-0.4, -0.2) is 21.2 Å². The van der Waals surface area contributed by atoms with Crippen molar-refractivity contribution in [2.24, 2.45) is 0 Å². The van der Waals surface area contributed by atoms with Gasteiger partial charge in [-0.2, -0.15) is 0 Å². The number of aromatic carboxylic acids is 1. The molecule has 0 amide bonds. The number of aryl methyl sites for hydroxylation is 1. The second kappa shape index (κ2) is 4.25. The van der Waals surface area contributed by atoms with E-state index in [0.717, 1.165) is 16.7 Å². The maximum Gasteiger partial charge on any atom is 0.339 e. The molecule has 4 nitrogen and oxygen atoms in total. The summed E-state index contributed by atoms with van der Waals surface area (Å²) >= 11 is 0. The summed E-state index contributed by atoms with van der Waals surface area (Å²) in [6.45, 7) is 1.90. The normalized spacial score (nSPS) is 10.2. The molecule has 0 atom stereocenters. The molecule has 0 unspecified atom stereocenters. The van der Waals surface area contributed by atoms with Gasteiger partial charge in [-0.25, -0.2) is 4.79 Å². The van der Waals surface area contributed by atoms with Crippen molar-refractivity contribution < 1.29 is 15.0 Å². The monoisotopic (exact) mass is 229 g/mol. The van der Waals surface area contributed by atoms with Gasteiger partial charge < -0.3 is 10.2 Å². The van der Waals surface area contributed by atoms with Gasteiger partial charge in [0.05, 0.1) is 0 Å². The van der Waals surface area contributed by atoms with Crippen molar-refractivity contribution in [1.82, 2.24) is 4.98 Å². The first-order valence-electron chi connectivity index (χ1n) is 5.07. The van der Waals surface area contributed by atoms with Gasteiger partial charge in [0.2, 0.25) is 0 Å². The zero-order valence-corrected chi connectivity index (χ0v) is 9.21. The van der Waals surface area contributed by atoms with Crippen LogP contribution in [0.5, 0.6) is 5.75 Å². The van der Waals surface area contributed by atoms with E-state index in [9.17, 15) is 9.90 Å². The molecule has 0 saturated carbocycles. The SMILES string of the molecule is Cc1cnccc1-c1ccc(O)c(C(=O)O)c1. The number of aromatic hydroxyl groups is 1. The molecule has 86 valence electrons. The number of rotatable bonds is 2. The minimum Gasteiger partial charge on any atom is -0.507 e. The molecule has 2 rings (SSSR count). The second-order valence-corrected chi connectivity index (χ2v) is 3.73. The zero-order valence-electron chi connectivity index (χ0n) is 9.21. The Labute approximate surface area is 98.2 Å². The number of benzene rings is 1. The summed E-state index contributed by atoms with van der Waals surface area (Å²) in [6.07, 6.45) is 3.36. The van der Waals surface area contributed by atoms with Crippen LogP contribution in [0, 0.1) is 6.92 Å². The lowest BCUT2D eigenvalue weighted by molar-refractivity contribution is 0.0694. The average Bonchev–Trinajstić information content (AvgIpc) is 2.30. The fourth-order valence-electron chi connectivity index (χ4n) is 1.67. The summed E-state index contributed by atoms with van der Waals surface area (Å²) in [5, 5.41) is 18.4. The van der Waals surface area contributed by atoms with Crippen LogP contribution < -0.4 is 0 Å². The van der Waals surface area contributed by atoms with E-state index in [1.54, 1.807) is 18.5 Å². The highest BCUT2D eigenvalue weighted by Crippen LogP contribution is 2.27. The fraction of sp³-hybridized carbons (Fsp3) is 0.0769. The third kappa shape index (κ3) is 2.10. The third-order valence-electron chi connectivity index (χ3n) is 2.56. The van der Waals surface area contributed by atoms with E-state index in [0.29, 0.717) is 0 Å². The summed E-state index contributed by atoms with van der Waals surface area (Å²) in [5.74, 6) is -1.37. The minimum atomic E-state index is -1.14. The summed E-state index contributed by atoms with van der Waals surface area (Å²) in [5.41, 5.74) is 2.51. The van der Waals surface area contributed by atoms with Crippen molar-refractivity contribution in [3.05, 3.63) is 47.8 Å². The van der Waals surface area contributed by atoms with E-state index < -0.39 is 5.97 Å². The van der Waals surface area contributed by atoms with E-state index in [1.807, 2.05) is 13.0 Å². The van der Waals surface area contributed by atoms with Crippen LogP contribution in [0.2, 0.25) is 0 Å².